The molecule has 0 bridgehead atoms. The zero-order valence-corrected chi connectivity index (χ0v) is 16.0. The molecule has 0 saturated heterocycles. The first-order chi connectivity index (χ1) is 10.9. The lowest BCUT2D eigenvalue weighted by Crippen LogP contribution is -2.11. The van der Waals surface area contributed by atoms with Gasteiger partial charge in [0.05, 0.1) is 15.7 Å². The number of nitrogens with one attached hydrogen (secondary N) is 1. The molecule has 2 aromatic heterocycles. The Hall–Kier alpha value is -1.68. The van der Waals surface area contributed by atoms with Crippen LogP contribution in [0, 0.1) is 0 Å². The van der Waals surface area contributed by atoms with Gasteiger partial charge in [0, 0.05) is 17.3 Å². The Bertz CT molecular complexity index is 663. The van der Waals surface area contributed by atoms with Crippen LogP contribution in [-0.2, 0) is 11.8 Å². The van der Waals surface area contributed by atoms with Gasteiger partial charge in [0.15, 0.2) is 0 Å². The lowest BCUT2D eigenvalue weighted by atomic mass is 9.93. The van der Waals surface area contributed by atoms with Crippen LogP contribution in [0.25, 0.3) is 10.2 Å². The zero-order valence-electron chi connectivity index (χ0n) is 15.2. The molecule has 3 aromatic rings. The molecule has 2 heterocycles. The first-order valence-corrected chi connectivity index (χ1v) is 9.12. The molecule has 0 aliphatic heterocycles. The molecule has 0 atom stereocenters. The summed E-state index contributed by atoms with van der Waals surface area (Å²) in [5.74, 6) is 0. The number of aromatic amines is 1. The first-order valence-electron chi connectivity index (χ1n) is 8.24. The van der Waals surface area contributed by atoms with Crippen LogP contribution in [0.1, 0.15) is 59.2 Å². The highest BCUT2D eigenvalue weighted by atomic mass is 32.1. The summed E-state index contributed by atoms with van der Waals surface area (Å²) in [4.78, 5) is 4.31. The van der Waals surface area contributed by atoms with Crippen molar-refractivity contribution in [2.24, 2.45) is 0 Å². The third kappa shape index (κ3) is 6.14. The molecule has 0 aliphatic rings. The monoisotopic (exact) mass is 331 g/mol. The van der Waals surface area contributed by atoms with Crippen molar-refractivity contribution < 1.29 is 0 Å². The van der Waals surface area contributed by atoms with Gasteiger partial charge >= 0.3 is 0 Å². The maximum Gasteiger partial charge on any atom is 0.0843 e. The number of rotatable bonds is 1. The second-order valence-corrected chi connectivity index (χ2v) is 7.28. The summed E-state index contributed by atoms with van der Waals surface area (Å²) < 4.78 is 1.30. The van der Waals surface area contributed by atoms with Crippen LogP contribution in [0.2, 0.25) is 0 Å². The number of benzene rings is 1. The van der Waals surface area contributed by atoms with Crippen LogP contribution < -0.4 is 0 Å². The summed E-state index contributed by atoms with van der Waals surface area (Å²) in [5, 5.41) is 6.79. The Morgan fingerprint density at radius 3 is 2.26 bits per heavy atom. The fraction of sp³-hybridized carbons (Fsp3) is 0.474. The van der Waals surface area contributed by atoms with Crippen LogP contribution in [-0.4, -0.2) is 15.2 Å². The molecule has 0 radical (unpaired) electrons. The number of para-hydroxylation sites is 1. The highest BCUT2D eigenvalue weighted by molar-refractivity contribution is 7.16. The van der Waals surface area contributed by atoms with Gasteiger partial charge in [-0.05, 0) is 24.1 Å². The van der Waals surface area contributed by atoms with Crippen LogP contribution in [0.4, 0.5) is 0 Å². The van der Waals surface area contributed by atoms with Crippen LogP contribution >= 0.6 is 11.3 Å². The van der Waals surface area contributed by atoms with Gasteiger partial charge in [0.25, 0.3) is 0 Å². The summed E-state index contributed by atoms with van der Waals surface area (Å²) in [6.07, 6.45) is 4.10. The van der Waals surface area contributed by atoms with Crippen LogP contribution in [0.5, 0.6) is 0 Å². The molecule has 0 unspecified atom stereocenters. The summed E-state index contributed by atoms with van der Waals surface area (Å²) in [7, 11) is 0. The Morgan fingerprint density at radius 1 is 1.09 bits per heavy atom. The van der Waals surface area contributed by atoms with Crippen molar-refractivity contribution in [3.8, 4) is 0 Å². The zero-order chi connectivity index (χ0) is 17.3. The number of nitrogens with zero attached hydrogens (tertiary/aromatic N) is 2. The van der Waals surface area contributed by atoms with Crippen molar-refractivity contribution in [2.75, 3.05) is 0 Å². The molecule has 1 aromatic carbocycles. The highest BCUT2D eigenvalue weighted by Crippen LogP contribution is 2.21. The van der Waals surface area contributed by atoms with Gasteiger partial charge in [-0.1, -0.05) is 60.1 Å². The van der Waals surface area contributed by atoms with E-state index in [1.54, 1.807) is 17.5 Å². The first kappa shape index (κ1) is 19.4. The maximum atomic E-state index is 4.31. The van der Waals surface area contributed by atoms with E-state index in [0.29, 0.717) is 0 Å². The predicted molar refractivity (Wildman–Crippen MR) is 102 cm³/mol. The molecular weight excluding hydrogens is 302 g/mol. The molecule has 0 amide bonds. The van der Waals surface area contributed by atoms with Crippen molar-refractivity contribution in [1.29, 1.82) is 0 Å². The minimum absolute atomic E-state index is 0.205. The lowest BCUT2D eigenvalue weighted by Gasteiger charge is -2.14. The standard InChI is InChI=1S/C9H9NS.C7H12N2.C3H8/c1-2-7-4-3-5-8-9(7)10-6-11-8;1-7(2,3)6-4-5-8-9-6;1-3-2/h3-6H,2H2,1H3;4-5H,1-3H3,(H,8,9);3H2,1-2H3. The van der Waals surface area contributed by atoms with E-state index < -0.39 is 0 Å². The Morgan fingerprint density at radius 2 is 1.78 bits per heavy atom. The van der Waals surface area contributed by atoms with E-state index in [9.17, 15) is 0 Å². The number of fused-ring (bicyclic) bond motifs is 1. The van der Waals surface area contributed by atoms with Gasteiger partial charge in [0.1, 0.15) is 0 Å². The second kappa shape index (κ2) is 9.46. The molecule has 3 nitrogen and oxygen atoms in total. The third-order valence-electron chi connectivity index (χ3n) is 3.13. The number of hydrogen-bond acceptors (Lipinski definition) is 3. The van der Waals surface area contributed by atoms with Gasteiger partial charge in [-0.2, -0.15) is 5.10 Å². The van der Waals surface area contributed by atoms with E-state index >= 15 is 0 Å². The van der Waals surface area contributed by atoms with Crippen molar-refractivity contribution in [2.45, 2.75) is 59.8 Å². The summed E-state index contributed by atoms with van der Waals surface area (Å²) in [5.41, 5.74) is 5.83. The van der Waals surface area contributed by atoms with Gasteiger partial charge < -0.3 is 0 Å². The minimum atomic E-state index is 0.205. The number of H-pyrrole nitrogens is 1. The highest BCUT2D eigenvalue weighted by Gasteiger charge is 2.13. The molecule has 3 rings (SSSR count). The summed E-state index contributed by atoms with van der Waals surface area (Å²) in [6, 6.07) is 8.35. The largest absolute Gasteiger partial charge is 0.282 e. The van der Waals surface area contributed by atoms with Gasteiger partial charge in [-0.25, -0.2) is 4.98 Å². The molecule has 126 valence electrons. The number of thiazole rings is 1. The lowest BCUT2D eigenvalue weighted by molar-refractivity contribution is 0.567. The second-order valence-electron chi connectivity index (χ2n) is 6.40. The average molecular weight is 332 g/mol. The van der Waals surface area contributed by atoms with E-state index in [2.05, 4.69) is 74.9 Å². The average Bonchev–Trinajstić information content (AvgIpc) is 3.18. The summed E-state index contributed by atoms with van der Waals surface area (Å²) >= 11 is 1.71. The van der Waals surface area contributed by atoms with E-state index in [-0.39, 0.29) is 5.41 Å². The maximum absolute atomic E-state index is 4.31. The fourth-order valence-corrected chi connectivity index (χ4v) is 2.63. The van der Waals surface area contributed by atoms with E-state index in [4.69, 9.17) is 0 Å². The van der Waals surface area contributed by atoms with Crippen molar-refractivity contribution in [3.05, 3.63) is 47.2 Å². The fourth-order valence-electron chi connectivity index (χ4n) is 1.90. The Kier molecular flexibility index (Phi) is 7.96. The van der Waals surface area contributed by atoms with E-state index in [1.807, 2.05) is 11.6 Å². The molecule has 0 fully saturated rings. The van der Waals surface area contributed by atoms with Crippen LogP contribution in [0.15, 0.2) is 36.0 Å². The molecule has 0 spiro atoms. The SMILES string of the molecule is CC(C)(C)c1ccn[nH]1.CCC.CCc1cccc2scnc12. The van der Waals surface area contributed by atoms with Crippen LogP contribution in [0.3, 0.4) is 0 Å². The molecule has 0 saturated carbocycles. The molecule has 23 heavy (non-hydrogen) atoms. The van der Waals surface area contributed by atoms with E-state index in [0.717, 1.165) is 6.42 Å². The number of aromatic nitrogens is 3. The smallest absolute Gasteiger partial charge is 0.0843 e. The number of hydrogen-bond donors (Lipinski definition) is 1. The van der Waals surface area contributed by atoms with Crippen molar-refractivity contribution in [1.82, 2.24) is 15.2 Å². The normalized spacial score (nSPS) is 10.5. The minimum Gasteiger partial charge on any atom is -0.282 e. The quantitative estimate of drug-likeness (QED) is 0.595. The van der Waals surface area contributed by atoms with Gasteiger partial charge in [-0.3, -0.25) is 5.10 Å². The molecular formula is C19H29N3S. The van der Waals surface area contributed by atoms with Crippen molar-refractivity contribution in [3.63, 3.8) is 0 Å². The predicted octanol–water partition coefficient (Wildman–Crippen LogP) is 5.98. The van der Waals surface area contributed by atoms with Crippen molar-refractivity contribution >= 4 is 21.6 Å². The number of aryl methyl sites for hydroxylation is 1. The molecule has 0 aliphatic carbocycles. The van der Waals surface area contributed by atoms with Gasteiger partial charge in [0.2, 0.25) is 0 Å². The summed E-state index contributed by atoms with van der Waals surface area (Å²) in [6.45, 7) is 12.9. The third-order valence-corrected chi connectivity index (χ3v) is 3.93. The Labute approximate surface area is 144 Å². The van der Waals surface area contributed by atoms with Gasteiger partial charge in [-0.15, -0.1) is 11.3 Å². The molecule has 4 heteroatoms. The van der Waals surface area contributed by atoms with E-state index in [1.165, 1.54) is 27.9 Å². The molecule has 1 N–H and O–H groups in total. The topological polar surface area (TPSA) is 41.6 Å². The Balaban J connectivity index is 0.000000200.